The zero-order chi connectivity index (χ0) is 13.0. The number of alkyl halides is 1. The van der Waals surface area contributed by atoms with Crippen LogP contribution < -0.4 is 4.74 Å². The second kappa shape index (κ2) is 5.87. The number of halogens is 2. The number of ether oxygens (including phenoxy) is 3. The van der Waals surface area contributed by atoms with Crippen molar-refractivity contribution < 1.29 is 18.6 Å². The summed E-state index contributed by atoms with van der Waals surface area (Å²) in [4.78, 5) is 0. The van der Waals surface area contributed by atoms with Crippen LogP contribution in [0, 0.1) is 5.82 Å². The molecule has 1 fully saturated rings. The van der Waals surface area contributed by atoms with Crippen molar-refractivity contribution in [3.63, 3.8) is 0 Å². The van der Waals surface area contributed by atoms with Gasteiger partial charge in [-0.2, -0.15) is 0 Å². The van der Waals surface area contributed by atoms with Gasteiger partial charge in [-0.15, -0.1) is 11.6 Å². The highest BCUT2D eigenvalue weighted by Crippen LogP contribution is 2.37. The third kappa shape index (κ3) is 2.60. The lowest BCUT2D eigenvalue weighted by Gasteiger charge is -2.27. The topological polar surface area (TPSA) is 27.7 Å². The molecule has 0 aromatic heterocycles. The van der Waals surface area contributed by atoms with Crippen molar-refractivity contribution in [3.8, 4) is 5.75 Å². The van der Waals surface area contributed by atoms with Gasteiger partial charge in [0.1, 0.15) is 0 Å². The van der Waals surface area contributed by atoms with E-state index in [-0.39, 0.29) is 5.75 Å². The highest BCUT2D eigenvalue weighted by atomic mass is 35.5. The maximum atomic E-state index is 13.7. The van der Waals surface area contributed by atoms with E-state index in [1.54, 1.807) is 12.1 Å². The Morgan fingerprint density at radius 2 is 2.11 bits per heavy atom. The van der Waals surface area contributed by atoms with E-state index in [4.69, 9.17) is 25.8 Å². The van der Waals surface area contributed by atoms with Gasteiger partial charge < -0.3 is 14.2 Å². The Kier molecular flexibility index (Phi) is 4.43. The monoisotopic (exact) mass is 274 g/mol. The van der Waals surface area contributed by atoms with E-state index >= 15 is 0 Å². The molecule has 1 aliphatic heterocycles. The highest BCUT2D eigenvalue weighted by molar-refractivity contribution is 6.17. The predicted octanol–water partition coefficient (Wildman–Crippen LogP) is 3.05. The summed E-state index contributed by atoms with van der Waals surface area (Å²) in [6.45, 7) is 1.02. The lowest BCUT2D eigenvalue weighted by molar-refractivity contribution is -0.171. The summed E-state index contributed by atoms with van der Waals surface area (Å²) < 4.78 is 30.0. The average molecular weight is 275 g/mol. The van der Waals surface area contributed by atoms with Crippen molar-refractivity contribution in [2.75, 3.05) is 26.2 Å². The van der Waals surface area contributed by atoms with Crippen LogP contribution in [-0.4, -0.2) is 26.2 Å². The molecule has 1 aromatic rings. The quantitative estimate of drug-likeness (QED) is 0.773. The summed E-state index contributed by atoms with van der Waals surface area (Å²) in [5.74, 6) is -0.543. The van der Waals surface area contributed by atoms with Crippen molar-refractivity contribution >= 4 is 11.6 Å². The Labute approximate surface area is 111 Å². The lowest BCUT2D eigenvalue weighted by atomic mass is 10.0. The molecular formula is C13H16ClFO3. The second-order valence-electron chi connectivity index (χ2n) is 4.09. The molecular weight excluding hydrogens is 259 g/mol. The van der Waals surface area contributed by atoms with E-state index in [1.807, 2.05) is 0 Å². The molecule has 0 bridgehead atoms. The standard InChI is InChI=1S/C13H16ClFO3/c1-16-12-4-3-10(9-11(12)15)13(5-2-6-14)17-7-8-18-13/h3-4,9H,2,5-8H2,1H3. The van der Waals surface area contributed by atoms with Gasteiger partial charge in [0.2, 0.25) is 0 Å². The first-order chi connectivity index (χ1) is 8.72. The fourth-order valence-electron chi connectivity index (χ4n) is 2.11. The molecule has 2 rings (SSSR count). The van der Waals surface area contributed by atoms with Crippen LogP contribution in [0.4, 0.5) is 4.39 Å². The first-order valence-electron chi connectivity index (χ1n) is 5.90. The Morgan fingerprint density at radius 1 is 1.39 bits per heavy atom. The van der Waals surface area contributed by atoms with Crippen molar-refractivity contribution in [2.24, 2.45) is 0 Å². The normalized spacial score (nSPS) is 17.9. The number of methoxy groups -OCH3 is 1. The SMILES string of the molecule is COc1ccc(C2(CCCCl)OCCO2)cc1F. The summed E-state index contributed by atoms with van der Waals surface area (Å²) in [7, 11) is 1.43. The molecule has 0 saturated carbocycles. The molecule has 0 N–H and O–H groups in total. The maximum absolute atomic E-state index is 13.7. The molecule has 0 amide bonds. The molecule has 1 aromatic carbocycles. The van der Waals surface area contributed by atoms with Crippen molar-refractivity contribution in [1.29, 1.82) is 0 Å². The number of benzene rings is 1. The molecule has 100 valence electrons. The zero-order valence-corrected chi connectivity index (χ0v) is 11.0. The molecule has 1 heterocycles. The van der Waals surface area contributed by atoms with Crippen LogP contribution in [0.5, 0.6) is 5.75 Å². The Hall–Kier alpha value is -0.840. The summed E-state index contributed by atoms with van der Waals surface area (Å²) in [6, 6.07) is 4.75. The first kappa shape index (κ1) is 13.6. The minimum Gasteiger partial charge on any atom is -0.494 e. The van der Waals surface area contributed by atoms with Crippen molar-refractivity contribution in [1.82, 2.24) is 0 Å². The van der Waals surface area contributed by atoms with E-state index in [0.29, 0.717) is 31.1 Å². The lowest BCUT2D eigenvalue weighted by Crippen LogP contribution is -2.27. The molecule has 18 heavy (non-hydrogen) atoms. The van der Waals surface area contributed by atoms with Gasteiger partial charge in [-0.25, -0.2) is 4.39 Å². The number of rotatable bonds is 5. The van der Waals surface area contributed by atoms with Gasteiger partial charge in [-0.05, 0) is 24.6 Å². The van der Waals surface area contributed by atoms with Gasteiger partial charge in [0.25, 0.3) is 0 Å². The molecule has 0 unspecified atom stereocenters. The largest absolute Gasteiger partial charge is 0.494 e. The van der Waals surface area contributed by atoms with Crippen LogP contribution in [0.2, 0.25) is 0 Å². The highest BCUT2D eigenvalue weighted by Gasteiger charge is 2.38. The fourth-order valence-corrected chi connectivity index (χ4v) is 2.25. The van der Waals surface area contributed by atoms with Gasteiger partial charge in [0, 0.05) is 17.9 Å². The predicted molar refractivity (Wildman–Crippen MR) is 66.5 cm³/mol. The van der Waals surface area contributed by atoms with Crippen LogP contribution in [0.3, 0.4) is 0 Å². The van der Waals surface area contributed by atoms with Crippen molar-refractivity contribution in [2.45, 2.75) is 18.6 Å². The summed E-state index contributed by atoms with van der Waals surface area (Å²) in [5, 5.41) is 0. The molecule has 1 aliphatic rings. The molecule has 0 atom stereocenters. The average Bonchev–Trinajstić information content (AvgIpc) is 2.86. The van der Waals surface area contributed by atoms with E-state index < -0.39 is 11.6 Å². The number of hydrogen-bond acceptors (Lipinski definition) is 3. The van der Waals surface area contributed by atoms with Gasteiger partial charge in [-0.3, -0.25) is 0 Å². The second-order valence-corrected chi connectivity index (χ2v) is 4.47. The van der Waals surface area contributed by atoms with Crippen LogP contribution in [0.1, 0.15) is 18.4 Å². The third-order valence-corrected chi connectivity index (χ3v) is 3.25. The summed E-state index contributed by atoms with van der Waals surface area (Å²) in [6.07, 6.45) is 1.36. The van der Waals surface area contributed by atoms with Crippen LogP contribution >= 0.6 is 11.6 Å². The summed E-state index contributed by atoms with van der Waals surface area (Å²) >= 11 is 5.70. The third-order valence-electron chi connectivity index (χ3n) is 2.98. The molecule has 1 saturated heterocycles. The van der Waals surface area contributed by atoms with E-state index in [1.165, 1.54) is 13.2 Å². The van der Waals surface area contributed by atoms with Crippen LogP contribution in [0.25, 0.3) is 0 Å². The molecule has 0 spiro atoms. The number of hydrogen-bond donors (Lipinski definition) is 0. The molecule has 0 radical (unpaired) electrons. The van der Waals surface area contributed by atoms with Gasteiger partial charge in [-0.1, -0.05) is 0 Å². The maximum Gasteiger partial charge on any atom is 0.195 e. The van der Waals surface area contributed by atoms with Gasteiger partial charge in [0.15, 0.2) is 17.4 Å². The Morgan fingerprint density at radius 3 is 2.67 bits per heavy atom. The first-order valence-corrected chi connectivity index (χ1v) is 6.43. The molecule has 3 nitrogen and oxygen atoms in total. The van der Waals surface area contributed by atoms with E-state index in [9.17, 15) is 4.39 Å². The summed E-state index contributed by atoms with van der Waals surface area (Å²) in [5.41, 5.74) is 0.670. The Balaban J connectivity index is 2.28. The minimum atomic E-state index is -0.859. The zero-order valence-electron chi connectivity index (χ0n) is 10.2. The Bertz CT molecular complexity index is 405. The minimum absolute atomic E-state index is 0.212. The van der Waals surface area contributed by atoms with E-state index in [0.717, 1.165) is 6.42 Å². The molecule has 5 heteroatoms. The van der Waals surface area contributed by atoms with Crippen LogP contribution in [-0.2, 0) is 15.3 Å². The van der Waals surface area contributed by atoms with Crippen molar-refractivity contribution in [3.05, 3.63) is 29.6 Å². The molecule has 0 aliphatic carbocycles. The van der Waals surface area contributed by atoms with E-state index in [2.05, 4.69) is 0 Å². The smallest absolute Gasteiger partial charge is 0.195 e. The van der Waals surface area contributed by atoms with Crippen LogP contribution in [0.15, 0.2) is 18.2 Å². The van der Waals surface area contributed by atoms with Gasteiger partial charge >= 0.3 is 0 Å². The fraction of sp³-hybridized carbons (Fsp3) is 0.538. The van der Waals surface area contributed by atoms with Gasteiger partial charge in [0.05, 0.1) is 20.3 Å².